The molecule has 0 fully saturated rings. The van der Waals surface area contributed by atoms with E-state index in [1.807, 2.05) is 54.6 Å². The summed E-state index contributed by atoms with van der Waals surface area (Å²) in [5.74, 6) is -0.161. The van der Waals surface area contributed by atoms with Crippen molar-refractivity contribution in [3.63, 3.8) is 0 Å². The van der Waals surface area contributed by atoms with Crippen LogP contribution in [0.2, 0.25) is 0 Å². The number of nitrogens with zero attached hydrogens (tertiary/aromatic N) is 2. The summed E-state index contributed by atoms with van der Waals surface area (Å²) in [6.45, 7) is 0.436. The summed E-state index contributed by atoms with van der Waals surface area (Å²) in [5.41, 5.74) is 3.42. The molecule has 3 aromatic rings. The maximum atomic E-state index is 13.2. The number of pyridine rings is 1. The van der Waals surface area contributed by atoms with E-state index >= 15 is 0 Å². The van der Waals surface area contributed by atoms with Crippen LogP contribution < -0.4 is 0 Å². The van der Waals surface area contributed by atoms with E-state index in [1.54, 1.807) is 29.3 Å². The number of hydrogen-bond donors (Lipinski definition) is 1. The van der Waals surface area contributed by atoms with E-state index in [-0.39, 0.29) is 11.9 Å². The van der Waals surface area contributed by atoms with Crippen molar-refractivity contribution < 1.29 is 9.90 Å². The molecule has 130 valence electrons. The van der Waals surface area contributed by atoms with Gasteiger partial charge in [0.25, 0.3) is 5.91 Å². The molecule has 4 nitrogen and oxygen atoms in total. The number of aliphatic hydroxyl groups is 1. The Kier molecular flexibility index (Phi) is 4.50. The van der Waals surface area contributed by atoms with Crippen molar-refractivity contribution >= 4 is 5.91 Å². The number of carbonyl (C=O) groups is 1. The zero-order valence-electron chi connectivity index (χ0n) is 14.3. The molecular weight excluding hydrogens is 324 g/mol. The van der Waals surface area contributed by atoms with Crippen LogP contribution in [0, 0.1) is 0 Å². The van der Waals surface area contributed by atoms with Gasteiger partial charge in [-0.05, 0) is 35.2 Å². The van der Waals surface area contributed by atoms with E-state index in [4.69, 9.17) is 0 Å². The lowest BCUT2D eigenvalue weighted by Gasteiger charge is -2.31. The minimum absolute atomic E-state index is 0.161. The smallest absolute Gasteiger partial charge is 0.273 e. The summed E-state index contributed by atoms with van der Waals surface area (Å²) in [5, 5.41) is 10.9. The first-order chi connectivity index (χ1) is 12.7. The molecule has 4 rings (SSSR count). The molecule has 0 spiro atoms. The van der Waals surface area contributed by atoms with Gasteiger partial charge in [0.1, 0.15) is 5.69 Å². The second kappa shape index (κ2) is 7.10. The summed E-state index contributed by atoms with van der Waals surface area (Å²) < 4.78 is 0. The lowest BCUT2D eigenvalue weighted by atomic mass is 10.1. The van der Waals surface area contributed by atoms with E-state index in [9.17, 15) is 9.90 Å². The number of aliphatic hydroxyl groups excluding tert-OH is 1. The first-order valence-corrected chi connectivity index (χ1v) is 8.76. The largest absolute Gasteiger partial charge is 0.386 e. The highest BCUT2D eigenvalue weighted by Gasteiger charge is 2.37. The zero-order valence-corrected chi connectivity index (χ0v) is 14.3. The van der Waals surface area contributed by atoms with Crippen LogP contribution in [0.15, 0.2) is 79.0 Å². The first-order valence-electron chi connectivity index (χ1n) is 8.76. The second-order valence-electron chi connectivity index (χ2n) is 6.55. The maximum Gasteiger partial charge on any atom is 0.273 e. The molecule has 0 bridgehead atoms. The van der Waals surface area contributed by atoms with Crippen LogP contribution in [-0.2, 0) is 13.0 Å². The molecule has 2 atom stereocenters. The van der Waals surface area contributed by atoms with Crippen molar-refractivity contribution in [1.29, 1.82) is 0 Å². The van der Waals surface area contributed by atoms with E-state index in [2.05, 4.69) is 4.98 Å². The molecule has 0 saturated carbocycles. The SMILES string of the molecule is O=C(c1ccccn1)N(Cc1ccccc1)C1Cc2ccccc2C1O. The number of benzene rings is 2. The Morgan fingerprint density at radius 1 is 1.00 bits per heavy atom. The molecule has 1 N–H and O–H groups in total. The lowest BCUT2D eigenvalue weighted by molar-refractivity contribution is 0.0380. The highest BCUT2D eigenvalue weighted by molar-refractivity contribution is 5.92. The van der Waals surface area contributed by atoms with Crippen molar-refractivity contribution in [2.24, 2.45) is 0 Å². The number of amides is 1. The van der Waals surface area contributed by atoms with E-state index in [0.29, 0.717) is 18.7 Å². The van der Waals surface area contributed by atoms with Gasteiger partial charge in [-0.3, -0.25) is 9.78 Å². The molecule has 4 heteroatoms. The number of carbonyl (C=O) groups excluding carboxylic acids is 1. The monoisotopic (exact) mass is 344 g/mol. The van der Waals surface area contributed by atoms with Gasteiger partial charge in [0.05, 0.1) is 12.1 Å². The van der Waals surface area contributed by atoms with Gasteiger partial charge < -0.3 is 10.0 Å². The van der Waals surface area contributed by atoms with E-state index in [0.717, 1.165) is 16.7 Å². The molecule has 0 radical (unpaired) electrons. The third-order valence-corrected chi connectivity index (χ3v) is 4.91. The Hall–Kier alpha value is -2.98. The minimum Gasteiger partial charge on any atom is -0.386 e. The van der Waals surface area contributed by atoms with Crippen LogP contribution in [-0.4, -0.2) is 26.9 Å². The summed E-state index contributed by atoms with van der Waals surface area (Å²) >= 11 is 0. The van der Waals surface area contributed by atoms with Gasteiger partial charge in [0.15, 0.2) is 0 Å². The molecule has 1 aromatic heterocycles. The summed E-state index contributed by atoms with van der Waals surface area (Å²) in [4.78, 5) is 19.2. The second-order valence-corrected chi connectivity index (χ2v) is 6.55. The quantitative estimate of drug-likeness (QED) is 0.789. The van der Waals surface area contributed by atoms with Crippen molar-refractivity contribution in [3.05, 3.63) is 101 Å². The molecule has 0 saturated heterocycles. The van der Waals surface area contributed by atoms with E-state index < -0.39 is 6.10 Å². The number of rotatable bonds is 4. The topological polar surface area (TPSA) is 53.4 Å². The molecule has 0 aliphatic heterocycles. The van der Waals surface area contributed by atoms with Gasteiger partial charge in [-0.25, -0.2) is 0 Å². The van der Waals surface area contributed by atoms with Crippen molar-refractivity contribution in [3.8, 4) is 0 Å². The third-order valence-electron chi connectivity index (χ3n) is 4.91. The van der Waals surface area contributed by atoms with Gasteiger partial charge in [-0.2, -0.15) is 0 Å². The minimum atomic E-state index is -0.692. The molecule has 1 amide bonds. The zero-order chi connectivity index (χ0) is 17.9. The van der Waals surface area contributed by atoms with Gasteiger partial charge in [-0.1, -0.05) is 60.7 Å². The fourth-order valence-electron chi connectivity index (χ4n) is 3.59. The molecule has 2 aromatic carbocycles. The fraction of sp³-hybridized carbons (Fsp3) is 0.182. The number of hydrogen-bond acceptors (Lipinski definition) is 3. The molecule has 1 aliphatic rings. The van der Waals surface area contributed by atoms with Crippen LogP contribution in [0.5, 0.6) is 0 Å². The number of fused-ring (bicyclic) bond motifs is 1. The molecule has 26 heavy (non-hydrogen) atoms. The predicted molar refractivity (Wildman–Crippen MR) is 99.4 cm³/mol. The Morgan fingerprint density at radius 3 is 2.46 bits per heavy atom. The van der Waals surface area contributed by atoms with Crippen LogP contribution in [0.25, 0.3) is 0 Å². The lowest BCUT2D eigenvalue weighted by Crippen LogP contribution is -2.42. The van der Waals surface area contributed by atoms with Crippen LogP contribution in [0.4, 0.5) is 0 Å². The highest BCUT2D eigenvalue weighted by Crippen LogP contribution is 2.35. The Morgan fingerprint density at radius 2 is 1.73 bits per heavy atom. The average molecular weight is 344 g/mol. The normalized spacial score (nSPS) is 18.3. The van der Waals surface area contributed by atoms with Crippen LogP contribution in [0.3, 0.4) is 0 Å². The molecule has 1 aliphatic carbocycles. The molecule has 2 unspecified atom stereocenters. The average Bonchev–Trinajstić information content (AvgIpc) is 3.04. The Labute approximate surface area is 152 Å². The highest BCUT2D eigenvalue weighted by atomic mass is 16.3. The van der Waals surface area contributed by atoms with Gasteiger partial charge in [-0.15, -0.1) is 0 Å². The van der Waals surface area contributed by atoms with Crippen molar-refractivity contribution in [1.82, 2.24) is 9.88 Å². The van der Waals surface area contributed by atoms with Gasteiger partial charge in [0, 0.05) is 12.7 Å². The third kappa shape index (κ3) is 3.11. The van der Waals surface area contributed by atoms with Crippen molar-refractivity contribution in [2.75, 3.05) is 0 Å². The van der Waals surface area contributed by atoms with Gasteiger partial charge in [0.2, 0.25) is 0 Å². The standard InChI is InChI=1S/C22H20N2O2/c25-21-18-11-5-4-10-17(18)14-20(21)24(15-16-8-2-1-3-9-16)22(26)19-12-6-7-13-23-19/h1-13,20-21,25H,14-15H2. The van der Waals surface area contributed by atoms with Gasteiger partial charge >= 0.3 is 0 Å². The fourth-order valence-corrected chi connectivity index (χ4v) is 3.59. The maximum absolute atomic E-state index is 13.2. The number of aromatic nitrogens is 1. The summed E-state index contributed by atoms with van der Waals surface area (Å²) in [7, 11) is 0. The first kappa shape index (κ1) is 16.5. The summed E-state index contributed by atoms with van der Waals surface area (Å²) in [6, 6.07) is 22.7. The molecular formula is C22H20N2O2. The summed E-state index contributed by atoms with van der Waals surface area (Å²) in [6.07, 6.45) is 1.57. The Bertz CT molecular complexity index is 896. The Balaban J connectivity index is 1.68. The predicted octanol–water partition coefficient (Wildman–Crippen LogP) is 3.38. The van der Waals surface area contributed by atoms with E-state index in [1.165, 1.54) is 0 Å². The molecule has 1 heterocycles. The van der Waals surface area contributed by atoms with Crippen molar-refractivity contribution in [2.45, 2.75) is 25.1 Å². The van der Waals surface area contributed by atoms with Crippen LogP contribution in [0.1, 0.15) is 33.3 Å². The van der Waals surface area contributed by atoms with Crippen LogP contribution >= 0.6 is 0 Å².